The number of hydrogen-bond donors (Lipinski definition) is 1. The third-order valence-corrected chi connectivity index (χ3v) is 4.16. The van der Waals surface area contributed by atoms with Gasteiger partial charge in [-0.05, 0) is 40.8 Å². The molecule has 4 nitrogen and oxygen atoms in total. The van der Waals surface area contributed by atoms with Gasteiger partial charge in [-0.3, -0.25) is 4.79 Å². The van der Waals surface area contributed by atoms with Gasteiger partial charge in [-0.2, -0.15) is 0 Å². The molecule has 2 aromatic carbocycles. The SMILES string of the molecule is COC(=O)[C@H](Cc1ccc(C(C)(C)C)cc1)NC(=O)c1ccc(F)cc1. The number of ether oxygens (including phenoxy) is 1. The Balaban J connectivity index is 2.13. The Labute approximate surface area is 153 Å². The molecule has 0 radical (unpaired) electrons. The van der Waals surface area contributed by atoms with E-state index in [4.69, 9.17) is 4.74 Å². The number of methoxy groups -OCH3 is 1. The highest BCUT2D eigenvalue weighted by Gasteiger charge is 2.23. The molecule has 0 unspecified atom stereocenters. The minimum absolute atomic E-state index is 0.0388. The summed E-state index contributed by atoms with van der Waals surface area (Å²) in [6.45, 7) is 6.38. The molecule has 2 rings (SSSR count). The Bertz CT molecular complexity index is 761. The lowest BCUT2D eigenvalue weighted by molar-refractivity contribution is -0.142. The normalized spacial score (nSPS) is 12.3. The molecule has 5 heteroatoms. The summed E-state index contributed by atoms with van der Waals surface area (Å²) in [4.78, 5) is 24.4. The van der Waals surface area contributed by atoms with Gasteiger partial charge < -0.3 is 10.1 Å². The molecule has 0 aliphatic heterocycles. The van der Waals surface area contributed by atoms with E-state index in [0.717, 1.165) is 5.56 Å². The third-order valence-electron chi connectivity index (χ3n) is 4.16. The van der Waals surface area contributed by atoms with E-state index in [2.05, 4.69) is 26.1 Å². The van der Waals surface area contributed by atoms with E-state index in [1.165, 1.54) is 36.9 Å². The lowest BCUT2D eigenvalue weighted by atomic mass is 9.86. The standard InChI is InChI=1S/C21H24FNO3/c1-21(2,3)16-9-5-14(6-10-16)13-18(20(25)26-4)23-19(24)15-7-11-17(22)12-8-15/h5-12,18H,13H2,1-4H3,(H,23,24)/t18-/m0/s1. The van der Waals surface area contributed by atoms with E-state index in [1.54, 1.807) is 0 Å². The van der Waals surface area contributed by atoms with Crippen LogP contribution in [0, 0.1) is 5.82 Å². The van der Waals surface area contributed by atoms with Gasteiger partial charge in [0, 0.05) is 12.0 Å². The predicted molar refractivity (Wildman–Crippen MR) is 98.5 cm³/mol. The Morgan fingerprint density at radius 3 is 2.12 bits per heavy atom. The summed E-state index contributed by atoms with van der Waals surface area (Å²) in [6.07, 6.45) is 0.310. The molecular formula is C21H24FNO3. The second kappa shape index (κ2) is 8.13. The molecule has 0 heterocycles. The van der Waals surface area contributed by atoms with Crippen molar-refractivity contribution in [2.24, 2.45) is 0 Å². The highest BCUT2D eigenvalue weighted by molar-refractivity contribution is 5.96. The molecule has 0 spiro atoms. The van der Waals surface area contributed by atoms with Crippen molar-refractivity contribution in [1.82, 2.24) is 5.32 Å². The molecule has 1 N–H and O–H groups in total. The van der Waals surface area contributed by atoms with Crippen molar-refractivity contribution in [2.45, 2.75) is 38.6 Å². The zero-order chi connectivity index (χ0) is 19.3. The van der Waals surface area contributed by atoms with Crippen molar-refractivity contribution in [2.75, 3.05) is 7.11 Å². The van der Waals surface area contributed by atoms with Crippen LogP contribution < -0.4 is 5.32 Å². The fourth-order valence-electron chi connectivity index (χ4n) is 2.55. The van der Waals surface area contributed by atoms with Gasteiger partial charge in [-0.25, -0.2) is 9.18 Å². The lowest BCUT2D eigenvalue weighted by Gasteiger charge is -2.20. The van der Waals surface area contributed by atoms with Gasteiger partial charge in [-0.15, -0.1) is 0 Å². The molecule has 0 saturated carbocycles. The number of carbonyl (C=O) groups is 2. The number of nitrogens with one attached hydrogen (secondary N) is 1. The summed E-state index contributed by atoms with van der Waals surface area (Å²) in [5, 5.41) is 2.66. The fraction of sp³-hybridized carbons (Fsp3) is 0.333. The fourth-order valence-corrected chi connectivity index (χ4v) is 2.55. The molecule has 0 fully saturated rings. The van der Waals surface area contributed by atoms with Crippen LogP contribution in [-0.2, 0) is 21.4 Å². The topological polar surface area (TPSA) is 55.4 Å². The van der Waals surface area contributed by atoms with E-state index in [1.807, 2.05) is 24.3 Å². The van der Waals surface area contributed by atoms with Crippen molar-refractivity contribution in [3.8, 4) is 0 Å². The third kappa shape index (κ3) is 5.15. The first-order valence-electron chi connectivity index (χ1n) is 8.44. The van der Waals surface area contributed by atoms with E-state index >= 15 is 0 Å². The van der Waals surface area contributed by atoms with Gasteiger partial charge in [-0.1, -0.05) is 45.0 Å². The van der Waals surface area contributed by atoms with Crippen LogP contribution in [0.1, 0.15) is 42.3 Å². The molecule has 0 aliphatic rings. The van der Waals surface area contributed by atoms with Crippen LogP contribution in [-0.4, -0.2) is 25.0 Å². The Kier molecular flexibility index (Phi) is 6.14. The first-order chi connectivity index (χ1) is 12.2. The molecule has 0 saturated heterocycles. The summed E-state index contributed by atoms with van der Waals surface area (Å²) in [5.41, 5.74) is 2.42. The van der Waals surface area contributed by atoms with E-state index in [-0.39, 0.29) is 11.0 Å². The molecule has 1 atom stereocenters. The predicted octanol–water partition coefficient (Wildman–Crippen LogP) is 3.64. The number of esters is 1. The maximum Gasteiger partial charge on any atom is 0.328 e. The van der Waals surface area contributed by atoms with Gasteiger partial charge in [0.25, 0.3) is 5.91 Å². The maximum atomic E-state index is 13.0. The highest BCUT2D eigenvalue weighted by atomic mass is 19.1. The van der Waals surface area contributed by atoms with Crippen molar-refractivity contribution in [3.05, 3.63) is 71.0 Å². The first kappa shape index (κ1) is 19.6. The molecule has 0 bridgehead atoms. The summed E-state index contributed by atoms with van der Waals surface area (Å²) in [6, 6.07) is 12.3. The number of amides is 1. The number of benzene rings is 2. The molecule has 1 amide bonds. The number of rotatable bonds is 5. The van der Waals surface area contributed by atoms with Crippen molar-refractivity contribution in [1.29, 1.82) is 0 Å². The summed E-state index contributed by atoms with van der Waals surface area (Å²) in [5.74, 6) is -1.41. The minimum Gasteiger partial charge on any atom is -0.467 e. The average molecular weight is 357 g/mol. The van der Waals surface area contributed by atoms with Crippen molar-refractivity contribution >= 4 is 11.9 Å². The second-order valence-electron chi connectivity index (χ2n) is 7.21. The smallest absolute Gasteiger partial charge is 0.328 e. The highest BCUT2D eigenvalue weighted by Crippen LogP contribution is 2.22. The molecule has 26 heavy (non-hydrogen) atoms. The molecule has 0 aliphatic carbocycles. The molecule has 0 aromatic heterocycles. The van der Waals surface area contributed by atoms with E-state index in [0.29, 0.717) is 6.42 Å². The zero-order valence-corrected chi connectivity index (χ0v) is 15.5. The van der Waals surface area contributed by atoms with Crippen LogP contribution in [0.4, 0.5) is 4.39 Å². The van der Waals surface area contributed by atoms with E-state index < -0.39 is 23.7 Å². The summed E-state index contributed by atoms with van der Waals surface area (Å²) < 4.78 is 17.8. The first-order valence-corrected chi connectivity index (χ1v) is 8.44. The van der Waals surface area contributed by atoms with Crippen LogP contribution in [0.5, 0.6) is 0 Å². The van der Waals surface area contributed by atoms with Crippen LogP contribution in [0.2, 0.25) is 0 Å². The van der Waals surface area contributed by atoms with Gasteiger partial charge in [0.05, 0.1) is 7.11 Å². The number of carbonyl (C=O) groups excluding carboxylic acids is 2. The van der Waals surface area contributed by atoms with Gasteiger partial charge in [0.2, 0.25) is 0 Å². The van der Waals surface area contributed by atoms with Gasteiger partial charge in [0.1, 0.15) is 11.9 Å². The summed E-state index contributed by atoms with van der Waals surface area (Å²) >= 11 is 0. The Morgan fingerprint density at radius 1 is 1.04 bits per heavy atom. The Hall–Kier alpha value is -2.69. The molecule has 2 aromatic rings. The maximum absolute atomic E-state index is 13.0. The minimum atomic E-state index is -0.821. The zero-order valence-electron chi connectivity index (χ0n) is 15.5. The quantitative estimate of drug-likeness (QED) is 0.831. The second-order valence-corrected chi connectivity index (χ2v) is 7.21. The van der Waals surface area contributed by atoms with Gasteiger partial charge >= 0.3 is 5.97 Å². The van der Waals surface area contributed by atoms with Crippen molar-refractivity contribution in [3.63, 3.8) is 0 Å². The number of halogens is 1. The molecule has 138 valence electrons. The van der Waals surface area contributed by atoms with Crippen LogP contribution in [0.15, 0.2) is 48.5 Å². The summed E-state index contributed by atoms with van der Waals surface area (Å²) in [7, 11) is 1.28. The van der Waals surface area contributed by atoms with Crippen LogP contribution in [0.25, 0.3) is 0 Å². The van der Waals surface area contributed by atoms with Crippen molar-refractivity contribution < 1.29 is 18.7 Å². The van der Waals surface area contributed by atoms with Crippen LogP contribution >= 0.6 is 0 Å². The largest absolute Gasteiger partial charge is 0.467 e. The van der Waals surface area contributed by atoms with Gasteiger partial charge in [0.15, 0.2) is 0 Å². The average Bonchev–Trinajstić information content (AvgIpc) is 2.60. The number of hydrogen-bond acceptors (Lipinski definition) is 3. The Morgan fingerprint density at radius 2 is 1.62 bits per heavy atom. The monoisotopic (exact) mass is 357 g/mol. The molecular weight excluding hydrogens is 333 g/mol. The van der Waals surface area contributed by atoms with Crippen LogP contribution in [0.3, 0.4) is 0 Å². The lowest BCUT2D eigenvalue weighted by Crippen LogP contribution is -2.43. The van der Waals surface area contributed by atoms with E-state index in [9.17, 15) is 14.0 Å².